The van der Waals surface area contributed by atoms with Crippen molar-refractivity contribution in [1.82, 2.24) is 0 Å². The van der Waals surface area contributed by atoms with Crippen LogP contribution in [-0.4, -0.2) is 11.9 Å². The van der Waals surface area contributed by atoms with Gasteiger partial charge in [-0.15, -0.1) is 0 Å². The number of fused-ring (bicyclic) bond motifs is 1. The summed E-state index contributed by atoms with van der Waals surface area (Å²) in [6.45, 7) is 3.97. The smallest absolute Gasteiger partial charge is 0.258 e. The summed E-state index contributed by atoms with van der Waals surface area (Å²) in [5, 5.41) is 0. The minimum atomic E-state index is 0.0120. The molecule has 4 heteroatoms. The summed E-state index contributed by atoms with van der Waals surface area (Å²) in [5.41, 5.74) is 10.3. The number of carbonyl (C=O) groups excluding carboxylic acids is 1. The lowest BCUT2D eigenvalue weighted by molar-refractivity contribution is 0.0981. The summed E-state index contributed by atoms with van der Waals surface area (Å²) in [6.07, 6.45) is 0.893. The SMILES string of the molecule is Cc1c(N)cc(Br)cc1C(=O)N1c2ccccc2CC1C. The molecule has 1 atom stereocenters. The number of amides is 1. The molecule has 2 N–H and O–H groups in total. The lowest BCUT2D eigenvalue weighted by Crippen LogP contribution is -2.36. The Labute approximate surface area is 132 Å². The Morgan fingerprint density at radius 2 is 2.05 bits per heavy atom. The molecule has 2 aromatic carbocycles. The summed E-state index contributed by atoms with van der Waals surface area (Å²) < 4.78 is 0.828. The Hall–Kier alpha value is -1.81. The minimum Gasteiger partial charge on any atom is -0.398 e. The van der Waals surface area contributed by atoms with Gasteiger partial charge in [-0.3, -0.25) is 4.79 Å². The second-order valence-corrected chi connectivity index (χ2v) is 6.44. The van der Waals surface area contributed by atoms with Crippen LogP contribution in [0.25, 0.3) is 0 Å². The highest BCUT2D eigenvalue weighted by molar-refractivity contribution is 9.10. The first kappa shape index (κ1) is 14.1. The van der Waals surface area contributed by atoms with Crippen LogP contribution in [0.5, 0.6) is 0 Å². The summed E-state index contributed by atoms with van der Waals surface area (Å²) >= 11 is 3.42. The number of nitrogens with zero attached hydrogens (tertiary/aromatic N) is 1. The number of anilines is 2. The number of carbonyl (C=O) groups is 1. The Balaban J connectivity index is 2.08. The van der Waals surface area contributed by atoms with E-state index in [0.29, 0.717) is 11.3 Å². The minimum absolute atomic E-state index is 0.0120. The highest BCUT2D eigenvalue weighted by Gasteiger charge is 2.32. The number of para-hydroxylation sites is 1. The Morgan fingerprint density at radius 3 is 2.81 bits per heavy atom. The summed E-state index contributed by atoms with van der Waals surface area (Å²) in [6, 6.07) is 11.9. The molecule has 1 heterocycles. The average Bonchev–Trinajstić information content (AvgIpc) is 2.78. The molecule has 108 valence electrons. The van der Waals surface area contributed by atoms with Crippen LogP contribution in [-0.2, 0) is 6.42 Å². The first-order chi connectivity index (χ1) is 9.99. The molecule has 1 unspecified atom stereocenters. The quantitative estimate of drug-likeness (QED) is 0.796. The third kappa shape index (κ3) is 2.33. The lowest BCUT2D eigenvalue weighted by atomic mass is 10.1. The largest absolute Gasteiger partial charge is 0.398 e. The Bertz CT molecular complexity index is 727. The predicted octanol–water partition coefficient (Wildman–Crippen LogP) is 3.93. The van der Waals surface area contributed by atoms with Crippen molar-refractivity contribution >= 4 is 33.2 Å². The van der Waals surface area contributed by atoms with E-state index in [1.165, 1.54) is 5.56 Å². The maximum Gasteiger partial charge on any atom is 0.258 e. The molecule has 0 aliphatic carbocycles. The third-order valence-corrected chi connectivity index (χ3v) is 4.53. The summed E-state index contributed by atoms with van der Waals surface area (Å²) in [4.78, 5) is 14.9. The van der Waals surface area contributed by atoms with Crippen molar-refractivity contribution in [1.29, 1.82) is 0 Å². The van der Waals surface area contributed by atoms with Crippen LogP contribution in [0.4, 0.5) is 11.4 Å². The maximum atomic E-state index is 13.0. The highest BCUT2D eigenvalue weighted by atomic mass is 79.9. The number of rotatable bonds is 1. The van der Waals surface area contributed by atoms with Crippen molar-refractivity contribution in [2.75, 3.05) is 10.6 Å². The molecule has 0 radical (unpaired) electrons. The van der Waals surface area contributed by atoms with Gasteiger partial charge in [-0.1, -0.05) is 34.1 Å². The zero-order chi connectivity index (χ0) is 15.1. The molecule has 0 bridgehead atoms. The molecular formula is C17H17BrN2O. The van der Waals surface area contributed by atoms with E-state index in [-0.39, 0.29) is 11.9 Å². The molecule has 1 aliphatic rings. The van der Waals surface area contributed by atoms with E-state index in [1.54, 1.807) is 0 Å². The van der Waals surface area contributed by atoms with Crippen LogP contribution < -0.4 is 10.6 Å². The van der Waals surface area contributed by atoms with E-state index in [9.17, 15) is 4.79 Å². The molecule has 0 spiro atoms. The second kappa shape index (κ2) is 5.19. The van der Waals surface area contributed by atoms with Crippen LogP contribution in [0.15, 0.2) is 40.9 Å². The molecule has 0 fully saturated rings. The van der Waals surface area contributed by atoms with Crippen LogP contribution in [0.2, 0.25) is 0 Å². The van der Waals surface area contributed by atoms with Crippen molar-refractivity contribution < 1.29 is 4.79 Å². The fraction of sp³-hybridized carbons (Fsp3) is 0.235. The fourth-order valence-corrected chi connectivity index (χ4v) is 3.40. The number of hydrogen-bond donors (Lipinski definition) is 1. The van der Waals surface area contributed by atoms with Crippen molar-refractivity contribution in [3.63, 3.8) is 0 Å². The van der Waals surface area contributed by atoms with Gasteiger partial charge < -0.3 is 10.6 Å². The third-order valence-electron chi connectivity index (χ3n) is 4.07. The van der Waals surface area contributed by atoms with Crippen LogP contribution in [0.1, 0.15) is 28.4 Å². The van der Waals surface area contributed by atoms with E-state index in [2.05, 4.69) is 28.9 Å². The lowest BCUT2D eigenvalue weighted by Gasteiger charge is -2.24. The molecule has 0 aromatic heterocycles. The molecule has 1 amide bonds. The number of hydrogen-bond acceptors (Lipinski definition) is 2. The molecular weight excluding hydrogens is 328 g/mol. The van der Waals surface area contributed by atoms with Crippen molar-refractivity contribution in [3.05, 3.63) is 57.6 Å². The normalized spacial score (nSPS) is 16.9. The van der Waals surface area contributed by atoms with Gasteiger partial charge in [0.1, 0.15) is 0 Å². The first-order valence-electron chi connectivity index (χ1n) is 6.96. The van der Waals surface area contributed by atoms with Gasteiger partial charge in [-0.05, 0) is 49.6 Å². The van der Waals surface area contributed by atoms with Gasteiger partial charge in [0, 0.05) is 27.5 Å². The zero-order valence-corrected chi connectivity index (χ0v) is 13.6. The second-order valence-electron chi connectivity index (χ2n) is 5.52. The van der Waals surface area contributed by atoms with Crippen molar-refractivity contribution in [3.8, 4) is 0 Å². The predicted molar refractivity (Wildman–Crippen MR) is 89.7 cm³/mol. The van der Waals surface area contributed by atoms with Gasteiger partial charge in [0.05, 0.1) is 0 Å². The van der Waals surface area contributed by atoms with Gasteiger partial charge in [-0.2, -0.15) is 0 Å². The standard InChI is InChI=1S/C17H17BrN2O/c1-10-7-12-5-3-4-6-16(12)20(10)17(21)14-8-13(18)9-15(19)11(14)2/h3-6,8-10H,7,19H2,1-2H3. The van der Waals surface area contributed by atoms with Gasteiger partial charge >= 0.3 is 0 Å². The van der Waals surface area contributed by atoms with Gasteiger partial charge in [0.15, 0.2) is 0 Å². The highest BCUT2D eigenvalue weighted by Crippen LogP contribution is 2.34. The number of nitrogens with two attached hydrogens (primary N) is 1. The molecule has 21 heavy (non-hydrogen) atoms. The molecule has 1 aliphatic heterocycles. The fourth-order valence-electron chi connectivity index (χ4n) is 2.93. The van der Waals surface area contributed by atoms with E-state index < -0.39 is 0 Å². The van der Waals surface area contributed by atoms with Crippen LogP contribution in [0.3, 0.4) is 0 Å². The van der Waals surface area contributed by atoms with Crippen LogP contribution >= 0.6 is 15.9 Å². The Morgan fingerprint density at radius 1 is 1.33 bits per heavy atom. The Kier molecular flexibility index (Phi) is 3.49. The number of halogens is 1. The van der Waals surface area contributed by atoms with Gasteiger partial charge in [0.2, 0.25) is 0 Å². The van der Waals surface area contributed by atoms with E-state index in [1.807, 2.05) is 42.2 Å². The van der Waals surface area contributed by atoms with Gasteiger partial charge in [-0.25, -0.2) is 0 Å². The number of nitrogen functional groups attached to an aromatic ring is 1. The molecule has 3 nitrogen and oxygen atoms in total. The van der Waals surface area contributed by atoms with E-state index in [4.69, 9.17) is 5.73 Å². The zero-order valence-electron chi connectivity index (χ0n) is 12.1. The van der Waals surface area contributed by atoms with E-state index in [0.717, 1.165) is 22.1 Å². The topological polar surface area (TPSA) is 46.3 Å². The van der Waals surface area contributed by atoms with Crippen LogP contribution in [0, 0.1) is 6.92 Å². The maximum absolute atomic E-state index is 13.0. The number of benzene rings is 2. The first-order valence-corrected chi connectivity index (χ1v) is 7.75. The summed E-state index contributed by atoms with van der Waals surface area (Å²) in [7, 11) is 0. The molecule has 2 aromatic rings. The monoisotopic (exact) mass is 344 g/mol. The average molecular weight is 345 g/mol. The molecule has 3 rings (SSSR count). The van der Waals surface area contributed by atoms with Crippen molar-refractivity contribution in [2.24, 2.45) is 0 Å². The van der Waals surface area contributed by atoms with E-state index >= 15 is 0 Å². The van der Waals surface area contributed by atoms with Crippen molar-refractivity contribution in [2.45, 2.75) is 26.3 Å². The molecule has 0 saturated heterocycles. The van der Waals surface area contributed by atoms with Gasteiger partial charge in [0.25, 0.3) is 5.91 Å². The molecule has 0 saturated carbocycles. The summed E-state index contributed by atoms with van der Waals surface area (Å²) in [5.74, 6) is 0.0120.